The largest absolute Gasteiger partial charge is 0.235 e. The van der Waals surface area contributed by atoms with Crippen molar-refractivity contribution in [1.29, 1.82) is 0 Å². The van der Waals surface area contributed by atoms with Gasteiger partial charge in [0.25, 0.3) is 0 Å². The molecule has 0 unspecified atom stereocenters. The van der Waals surface area contributed by atoms with Crippen molar-refractivity contribution in [1.82, 2.24) is 19.9 Å². The van der Waals surface area contributed by atoms with E-state index in [2.05, 4.69) is 84.9 Å². The Hall–Kier alpha value is -5.78. The molecule has 0 saturated heterocycles. The highest BCUT2D eigenvalue weighted by Gasteiger charge is 2.16. The molecule has 0 saturated carbocycles. The summed E-state index contributed by atoms with van der Waals surface area (Å²) in [6, 6.07) is 54.0. The fourth-order valence-corrected chi connectivity index (χ4v) is 6.52. The summed E-state index contributed by atoms with van der Waals surface area (Å²) in [5, 5.41) is 1.02. The smallest absolute Gasteiger partial charge is 0.164 e. The predicted octanol–water partition coefficient (Wildman–Crippen LogP) is 10.5. The summed E-state index contributed by atoms with van der Waals surface area (Å²) >= 11 is 1.73. The molecule has 0 spiro atoms. The first kappa shape index (κ1) is 26.8. The van der Waals surface area contributed by atoms with Gasteiger partial charge in [0.1, 0.15) is 5.01 Å². The number of hydrogen-bond acceptors (Lipinski definition) is 5. The van der Waals surface area contributed by atoms with E-state index in [0.29, 0.717) is 17.5 Å². The lowest BCUT2D eigenvalue weighted by molar-refractivity contribution is 1.07. The van der Waals surface area contributed by atoms with Gasteiger partial charge in [-0.15, -0.1) is 11.3 Å². The summed E-state index contributed by atoms with van der Waals surface area (Å²) in [6.45, 7) is 0. The Morgan fingerprint density at radius 1 is 0.333 bits per heavy atom. The van der Waals surface area contributed by atoms with E-state index in [9.17, 15) is 0 Å². The van der Waals surface area contributed by atoms with Crippen molar-refractivity contribution >= 4 is 21.6 Å². The minimum absolute atomic E-state index is 0.643. The molecule has 0 bridgehead atoms. The van der Waals surface area contributed by atoms with Crippen molar-refractivity contribution < 1.29 is 0 Å². The summed E-state index contributed by atoms with van der Waals surface area (Å²) < 4.78 is 1.16. The van der Waals surface area contributed by atoms with Gasteiger partial charge in [-0.3, -0.25) is 0 Å². The van der Waals surface area contributed by atoms with Crippen LogP contribution in [0.3, 0.4) is 0 Å². The molecule has 0 fully saturated rings. The lowest BCUT2D eigenvalue weighted by Gasteiger charge is -2.10. The Kier molecular flexibility index (Phi) is 6.98. The van der Waals surface area contributed by atoms with Gasteiger partial charge in [0.2, 0.25) is 0 Å². The van der Waals surface area contributed by atoms with E-state index in [-0.39, 0.29) is 0 Å². The van der Waals surface area contributed by atoms with Crippen molar-refractivity contribution in [2.75, 3.05) is 0 Å². The fourth-order valence-electron chi connectivity index (χ4n) is 5.49. The number of aromatic nitrogens is 4. The number of benzene rings is 6. The van der Waals surface area contributed by atoms with Gasteiger partial charge in [-0.05, 0) is 28.8 Å². The molecule has 4 nitrogen and oxygen atoms in total. The average molecular weight is 595 g/mol. The average Bonchev–Trinajstić information content (AvgIpc) is 3.57. The third-order valence-electron chi connectivity index (χ3n) is 7.78. The first-order valence-electron chi connectivity index (χ1n) is 14.8. The van der Waals surface area contributed by atoms with Gasteiger partial charge in [-0.1, -0.05) is 146 Å². The first-order valence-corrected chi connectivity index (χ1v) is 15.6. The number of fused-ring (bicyclic) bond motifs is 1. The van der Waals surface area contributed by atoms with Gasteiger partial charge in [0, 0.05) is 27.8 Å². The van der Waals surface area contributed by atoms with Crippen LogP contribution in [0.25, 0.3) is 77.2 Å². The predicted molar refractivity (Wildman–Crippen MR) is 186 cm³/mol. The second-order valence-corrected chi connectivity index (χ2v) is 11.8. The number of thiazole rings is 1. The molecule has 0 aliphatic heterocycles. The van der Waals surface area contributed by atoms with E-state index in [1.807, 2.05) is 72.8 Å². The van der Waals surface area contributed by atoms with Gasteiger partial charge in [-0.2, -0.15) is 0 Å². The lowest BCUT2D eigenvalue weighted by atomic mass is 9.97. The van der Waals surface area contributed by atoms with E-state index in [1.54, 1.807) is 11.3 Å². The molecule has 0 atom stereocenters. The zero-order valence-corrected chi connectivity index (χ0v) is 25.0. The molecule has 45 heavy (non-hydrogen) atoms. The highest BCUT2D eigenvalue weighted by Crippen LogP contribution is 2.39. The monoisotopic (exact) mass is 594 g/mol. The van der Waals surface area contributed by atoms with E-state index >= 15 is 0 Å². The zero-order valence-electron chi connectivity index (χ0n) is 24.2. The molecule has 0 amide bonds. The molecule has 0 aliphatic rings. The Balaban J connectivity index is 1.22. The maximum absolute atomic E-state index is 5.11. The van der Waals surface area contributed by atoms with Crippen molar-refractivity contribution in [3.8, 4) is 67.0 Å². The number of nitrogens with zero attached hydrogens (tertiary/aromatic N) is 4. The van der Waals surface area contributed by atoms with Crippen LogP contribution >= 0.6 is 11.3 Å². The van der Waals surface area contributed by atoms with Crippen molar-refractivity contribution in [2.24, 2.45) is 0 Å². The quantitative estimate of drug-likeness (QED) is 0.192. The van der Waals surface area contributed by atoms with Crippen LogP contribution in [0.4, 0.5) is 0 Å². The van der Waals surface area contributed by atoms with Gasteiger partial charge in [-0.25, -0.2) is 19.9 Å². The molecule has 2 heterocycles. The third-order valence-corrected chi connectivity index (χ3v) is 8.83. The van der Waals surface area contributed by atoms with Crippen LogP contribution in [0.1, 0.15) is 0 Å². The highest BCUT2D eigenvalue weighted by molar-refractivity contribution is 7.21. The number of hydrogen-bond donors (Lipinski definition) is 0. The molecular formula is C40H26N4S. The molecule has 8 aromatic rings. The van der Waals surface area contributed by atoms with Gasteiger partial charge in [0.15, 0.2) is 17.5 Å². The van der Waals surface area contributed by atoms with Crippen LogP contribution < -0.4 is 0 Å². The minimum atomic E-state index is 0.643. The Labute approximate surface area is 265 Å². The first-order chi connectivity index (χ1) is 22.3. The van der Waals surface area contributed by atoms with Crippen molar-refractivity contribution in [3.63, 3.8) is 0 Å². The van der Waals surface area contributed by atoms with Crippen molar-refractivity contribution in [3.05, 3.63) is 158 Å². The normalized spacial score (nSPS) is 11.1. The summed E-state index contributed by atoms with van der Waals surface area (Å²) in [7, 11) is 0. The lowest BCUT2D eigenvalue weighted by Crippen LogP contribution is -2.00. The standard InChI is InChI=1S/C40H26N4S/c1-5-13-28(14-6-1)34-25-33(26-35-36(34)41-40(45-35)32-19-11-4-12-20-32)27-21-23-31(24-22-27)39-43-37(29-15-7-2-8-16-29)42-38(44-39)30-17-9-3-10-18-30/h1-26H. The summed E-state index contributed by atoms with van der Waals surface area (Å²) in [4.78, 5) is 19.7. The Bertz CT molecular complexity index is 2170. The van der Waals surface area contributed by atoms with Gasteiger partial charge < -0.3 is 0 Å². The fraction of sp³-hybridized carbons (Fsp3) is 0. The minimum Gasteiger partial charge on any atom is -0.235 e. The molecular weight excluding hydrogens is 569 g/mol. The zero-order chi connectivity index (χ0) is 30.0. The van der Waals surface area contributed by atoms with Crippen LogP contribution in [0.2, 0.25) is 0 Å². The second kappa shape index (κ2) is 11.7. The van der Waals surface area contributed by atoms with Crippen LogP contribution in [-0.2, 0) is 0 Å². The van der Waals surface area contributed by atoms with Crippen LogP contribution in [0.15, 0.2) is 158 Å². The van der Waals surface area contributed by atoms with E-state index in [1.165, 1.54) is 0 Å². The maximum atomic E-state index is 5.11. The van der Waals surface area contributed by atoms with Gasteiger partial charge >= 0.3 is 0 Å². The summed E-state index contributed by atoms with van der Waals surface area (Å²) in [5.74, 6) is 1.95. The van der Waals surface area contributed by atoms with Crippen LogP contribution in [-0.4, -0.2) is 19.9 Å². The second-order valence-electron chi connectivity index (χ2n) is 10.7. The maximum Gasteiger partial charge on any atom is 0.164 e. The number of rotatable bonds is 6. The summed E-state index contributed by atoms with van der Waals surface area (Å²) in [6.07, 6.45) is 0. The van der Waals surface area contributed by atoms with Crippen molar-refractivity contribution in [2.45, 2.75) is 0 Å². The molecule has 0 N–H and O–H groups in total. The SMILES string of the molecule is c1ccc(-c2nc(-c3ccccc3)nc(-c3ccc(-c4cc(-c5ccccc5)c5nc(-c6ccccc6)sc5c4)cc3)n2)cc1. The van der Waals surface area contributed by atoms with E-state index < -0.39 is 0 Å². The molecule has 8 rings (SSSR count). The molecule has 6 aromatic carbocycles. The molecule has 0 aliphatic carbocycles. The Morgan fingerprint density at radius 3 is 1.27 bits per heavy atom. The topological polar surface area (TPSA) is 51.6 Å². The molecule has 0 radical (unpaired) electrons. The molecule has 2 aromatic heterocycles. The van der Waals surface area contributed by atoms with Gasteiger partial charge in [0.05, 0.1) is 10.2 Å². The molecule has 5 heteroatoms. The highest BCUT2D eigenvalue weighted by atomic mass is 32.1. The van der Waals surface area contributed by atoms with Crippen LogP contribution in [0, 0.1) is 0 Å². The van der Waals surface area contributed by atoms with E-state index in [4.69, 9.17) is 19.9 Å². The summed E-state index contributed by atoms with van der Waals surface area (Å²) in [5.41, 5.74) is 9.54. The molecule has 212 valence electrons. The van der Waals surface area contributed by atoms with E-state index in [0.717, 1.165) is 59.7 Å². The Morgan fingerprint density at radius 2 is 0.756 bits per heavy atom. The third kappa shape index (κ3) is 5.42. The van der Waals surface area contributed by atoms with Crippen LogP contribution in [0.5, 0.6) is 0 Å².